The van der Waals surface area contributed by atoms with E-state index in [0.29, 0.717) is 25.1 Å². The van der Waals surface area contributed by atoms with Crippen molar-refractivity contribution in [2.45, 2.75) is 42.6 Å². The second-order valence-electron chi connectivity index (χ2n) is 8.42. The van der Waals surface area contributed by atoms with Gasteiger partial charge in [0.15, 0.2) is 0 Å². The molecule has 170 valence electrons. The molecule has 33 heavy (non-hydrogen) atoms. The summed E-state index contributed by atoms with van der Waals surface area (Å²) < 4.78 is 0. The zero-order valence-electron chi connectivity index (χ0n) is 19.2. The van der Waals surface area contributed by atoms with E-state index in [1.54, 1.807) is 23.7 Å². The van der Waals surface area contributed by atoms with Gasteiger partial charge >= 0.3 is 0 Å². The van der Waals surface area contributed by atoms with Gasteiger partial charge in [0.1, 0.15) is 0 Å². The number of amides is 2. The summed E-state index contributed by atoms with van der Waals surface area (Å²) >= 11 is 1.77. The first-order valence-electron chi connectivity index (χ1n) is 11.2. The number of nitrogens with one attached hydrogen (secondary N) is 1. The van der Waals surface area contributed by atoms with Crippen molar-refractivity contribution in [3.63, 3.8) is 0 Å². The first-order valence-corrected chi connectivity index (χ1v) is 12.0. The van der Waals surface area contributed by atoms with Crippen molar-refractivity contribution in [1.29, 1.82) is 0 Å². The van der Waals surface area contributed by atoms with Gasteiger partial charge in [-0.1, -0.05) is 48.2 Å². The largest absolute Gasteiger partial charge is 0.352 e. The molecule has 1 aliphatic rings. The van der Waals surface area contributed by atoms with Gasteiger partial charge in [0.2, 0.25) is 5.91 Å². The monoisotopic (exact) mass is 459 g/mol. The molecular formula is C27H29N3O2S. The summed E-state index contributed by atoms with van der Waals surface area (Å²) in [6.45, 7) is 5.02. The first kappa shape index (κ1) is 22.9. The highest BCUT2D eigenvalue weighted by Gasteiger charge is 2.23. The minimum absolute atomic E-state index is 0.000780. The molecule has 6 heteroatoms. The summed E-state index contributed by atoms with van der Waals surface area (Å²) in [5.41, 5.74) is 3.90. The lowest BCUT2D eigenvalue weighted by molar-refractivity contribution is -0.121. The third kappa shape index (κ3) is 5.22. The van der Waals surface area contributed by atoms with Crippen LogP contribution in [0.1, 0.15) is 36.2 Å². The Hall–Kier alpha value is -3.25. The highest BCUT2D eigenvalue weighted by molar-refractivity contribution is 7.99. The van der Waals surface area contributed by atoms with E-state index in [4.69, 9.17) is 0 Å². The van der Waals surface area contributed by atoms with Crippen LogP contribution in [0.15, 0.2) is 82.6 Å². The van der Waals surface area contributed by atoms with Crippen LogP contribution in [-0.4, -0.2) is 36.3 Å². The predicted octanol–water partition coefficient (Wildman–Crippen LogP) is 5.48. The van der Waals surface area contributed by atoms with Gasteiger partial charge in [0, 0.05) is 48.0 Å². The minimum atomic E-state index is 0.000780. The normalized spacial score (nSPS) is 12.2. The molecular weight excluding hydrogens is 430 g/mol. The van der Waals surface area contributed by atoms with Crippen LogP contribution in [0.3, 0.4) is 0 Å². The van der Waals surface area contributed by atoms with E-state index < -0.39 is 0 Å². The van der Waals surface area contributed by atoms with Crippen LogP contribution in [-0.2, 0) is 11.3 Å². The molecule has 0 saturated heterocycles. The zero-order valence-corrected chi connectivity index (χ0v) is 20.1. The molecule has 4 rings (SSSR count). The maximum atomic E-state index is 12.6. The zero-order chi connectivity index (χ0) is 23.4. The number of nitrogens with zero attached hydrogens (tertiary/aromatic N) is 2. The molecule has 3 aromatic carbocycles. The summed E-state index contributed by atoms with van der Waals surface area (Å²) in [5.74, 6) is 0.00345. The fourth-order valence-electron chi connectivity index (χ4n) is 3.73. The van der Waals surface area contributed by atoms with Crippen LogP contribution in [0.2, 0.25) is 0 Å². The van der Waals surface area contributed by atoms with Gasteiger partial charge in [-0.05, 0) is 55.8 Å². The van der Waals surface area contributed by atoms with E-state index in [1.807, 2.05) is 62.4 Å². The summed E-state index contributed by atoms with van der Waals surface area (Å²) in [7, 11) is 1.80. The number of benzene rings is 3. The Balaban J connectivity index is 1.35. The van der Waals surface area contributed by atoms with Crippen LogP contribution in [0, 0.1) is 0 Å². The molecule has 1 N–H and O–H groups in total. The number of carbonyl (C=O) groups excluding carboxylic acids is 2. The lowest BCUT2D eigenvalue weighted by atomic mass is 10.1. The van der Waals surface area contributed by atoms with Gasteiger partial charge in [0.05, 0.1) is 11.4 Å². The molecule has 0 saturated carbocycles. The smallest absolute Gasteiger partial charge is 0.253 e. The molecule has 0 aromatic heterocycles. The van der Waals surface area contributed by atoms with E-state index in [9.17, 15) is 9.59 Å². The number of para-hydroxylation sites is 2. The molecule has 0 atom stereocenters. The standard InChI is InChI=1S/C27H29N3O2S/c1-19(2)29(3)27(32)21-14-12-20(13-15-21)18-28-26(31)16-17-30-22-8-4-6-10-24(22)33-25-11-7-5-9-23(25)30/h4-15,19H,16-18H2,1-3H3,(H,28,31). The average molecular weight is 460 g/mol. The number of fused-ring (bicyclic) bond motifs is 2. The van der Waals surface area contributed by atoms with E-state index in [0.717, 1.165) is 16.9 Å². The minimum Gasteiger partial charge on any atom is -0.352 e. The van der Waals surface area contributed by atoms with Crippen LogP contribution >= 0.6 is 11.8 Å². The quantitative estimate of drug-likeness (QED) is 0.509. The van der Waals surface area contributed by atoms with Crippen molar-refractivity contribution >= 4 is 35.0 Å². The maximum absolute atomic E-state index is 12.6. The van der Waals surface area contributed by atoms with E-state index >= 15 is 0 Å². The molecule has 0 aliphatic carbocycles. The highest BCUT2D eigenvalue weighted by atomic mass is 32.2. The maximum Gasteiger partial charge on any atom is 0.253 e. The average Bonchev–Trinajstić information content (AvgIpc) is 2.84. The summed E-state index contributed by atoms with van der Waals surface area (Å²) in [5, 5.41) is 3.01. The van der Waals surface area contributed by atoms with Gasteiger partial charge in [-0.25, -0.2) is 0 Å². The molecule has 0 unspecified atom stereocenters. The second-order valence-corrected chi connectivity index (χ2v) is 9.51. The molecule has 0 radical (unpaired) electrons. The Morgan fingerprint density at radius 3 is 2.06 bits per heavy atom. The van der Waals surface area contributed by atoms with Gasteiger partial charge in [0.25, 0.3) is 5.91 Å². The third-order valence-corrected chi connectivity index (χ3v) is 7.01. The number of hydrogen-bond acceptors (Lipinski definition) is 4. The van der Waals surface area contributed by atoms with E-state index in [2.05, 4.69) is 34.5 Å². The number of anilines is 2. The van der Waals surface area contributed by atoms with E-state index in [-0.39, 0.29) is 17.9 Å². The van der Waals surface area contributed by atoms with Crippen molar-refractivity contribution < 1.29 is 9.59 Å². The van der Waals surface area contributed by atoms with Crippen molar-refractivity contribution in [3.05, 3.63) is 83.9 Å². The van der Waals surface area contributed by atoms with E-state index in [1.165, 1.54) is 9.79 Å². The van der Waals surface area contributed by atoms with Crippen LogP contribution < -0.4 is 10.2 Å². The second kappa shape index (κ2) is 10.1. The SMILES string of the molecule is CC(C)N(C)C(=O)c1ccc(CNC(=O)CCN2c3ccccc3Sc3ccccc32)cc1. The molecule has 1 heterocycles. The first-order chi connectivity index (χ1) is 15.9. The number of carbonyl (C=O) groups is 2. The van der Waals surface area contributed by atoms with Crippen molar-refractivity contribution in [2.24, 2.45) is 0 Å². The molecule has 2 amide bonds. The van der Waals surface area contributed by atoms with Crippen molar-refractivity contribution in [3.8, 4) is 0 Å². The summed E-state index contributed by atoms with van der Waals surface area (Å²) in [6, 6.07) is 24.2. The van der Waals surface area contributed by atoms with Crippen LogP contribution in [0.25, 0.3) is 0 Å². The van der Waals surface area contributed by atoms with Crippen molar-refractivity contribution in [1.82, 2.24) is 10.2 Å². The summed E-state index contributed by atoms with van der Waals surface area (Å²) in [6.07, 6.45) is 0.392. The molecule has 5 nitrogen and oxygen atoms in total. The number of rotatable bonds is 7. The van der Waals surface area contributed by atoms with Gasteiger partial charge in [-0.3, -0.25) is 9.59 Å². The Labute approximate surface area is 199 Å². The summed E-state index contributed by atoms with van der Waals surface area (Å²) in [4.78, 5) is 31.4. The highest BCUT2D eigenvalue weighted by Crippen LogP contribution is 2.47. The lowest BCUT2D eigenvalue weighted by Gasteiger charge is -2.32. The molecule has 1 aliphatic heterocycles. The molecule has 0 bridgehead atoms. The fraction of sp³-hybridized carbons (Fsp3) is 0.259. The third-order valence-electron chi connectivity index (χ3n) is 5.88. The lowest BCUT2D eigenvalue weighted by Crippen LogP contribution is -2.33. The Bertz CT molecular complexity index is 1100. The number of hydrogen-bond donors (Lipinski definition) is 1. The molecule has 3 aromatic rings. The predicted molar refractivity (Wildman–Crippen MR) is 134 cm³/mol. The van der Waals surface area contributed by atoms with Crippen molar-refractivity contribution in [2.75, 3.05) is 18.5 Å². The van der Waals surface area contributed by atoms with Crippen LogP contribution in [0.5, 0.6) is 0 Å². The topological polar surface area (TPSA) is 52.7 Å². The molecule has 0 fully saturated rings. The Kier molecular flexibility index (Phi) is 7.04. The van der Waals surface area contributed by atoms with Crippen LogP contribution in [0.4, 0.5) is 11.4 Å². The van der Waals surface area contributed by atoms with Gasteiger partial charge in [-0.15, -0.1) is 0 Å². The Morgan fingerprint density at radius 2 is 1.48 bits per heavy atom. The fourth-order valence-corrected chi connectivity index (χ4v) is 4.82. The Morgan fingerprint density at radius 1 is 0.909 bits per heavy atom. The van der Waals surface area contributed by atoms with Gasteiger partial charge in [-0.2, -0.15) is 0 Å². The van der Waals surface area contributed by atoms with Gasteiger partial charge < -0.3 is 15.1 Å². The molecule has 0 spiro atoms.